The van der Waals surface area contributed by atoms with Gasteiger partial charge in [0.1, 0.15) is 17.2 Å². The smallest absolute Gasteiger partial charge is 0.410 e. The highest BCUT2D eigenvalue weighted by molar-refractivity contribution is 5.82. The van der Waals surface area contributed by atoms with E-state index in [9.17, 15) is 9.18 Å². The Bertz CT molecular complexity index is 1450. The van der Waals surface area contributed by atoms with Crippen molar-refractivity contribution in [3.05, 3.63) is 77.4 Å². The van der Waals surface area contributed by atoms with Crippen molar-refractivity contribution in [1.82, 2.24) is 29.7 Å². The highest BCUT2D eigenvalue weighted by Gasteiger charge is 2.25. The van der Waals surface area contributed by atoms with Gasteiger partial charge in [0.05, 0.1) is 17.2 Å². The highest BCUT2D eigenvalue weighted by Crippen LogP contribution is 2.26. The van der Waals surface area contributed by atoms with Crippen molar-refractivity contribution in [3.63, 3.8) is 0 Å². The van der Waals surface area contributed by atoms with Crippen LogP contribution in [0.2, 0.25) is 0 Å². The molecule has 0 aliphatic carbocycles. The van der Waals surface area contributed by atoms with Crippen LogP contribution in [0.3, 0.4) is 0 Å². The summed E-state index contributed by atoms with van der Waals surface area (Å²) in [6, 6.07) is 11.6. The maximum absolute atomic E-state index is 14.3. The minimum absolute atomic E-state index is 0.248. The quantitative estimate of drug-likeness (QED) is 0.397. The molecule has 1 saturated heterocycles. The van der Waals surface area contributed by atoms with Crippen LogP contribution < -0.4 is 0 Å². The van der Waals surface area contributed by atoms with E-state index in [0.717, 1.165) is 53.4 Å². The number of fused-ring (bicyclic) bond motifs is 1. The van der Waals surface area contributed by atoms with E-state index in [2.05, 4.69) is 25.9 Å². The maximum Gasteiger partial charge on any atom is 0.410 e. The van der Waals surface area contributed by atoms with Gasteiger partial charge in [-0.05, 0) is 69.2 Å². The third kappa shape index (κ3) is 6.16. The number of imidazole rings is 1. The van der Waals surface area contributed by atoms with Gasteiger partial charge in [-0.25, -0.2) is 14.2 Å². The van der Waals surface area contributed by atoms with Gasteiger partial charge in [-0.2, -0.15) is 0 Å². The number of aromatic amines is 1. The second-order valence-electron chi connectivity index (χ2n) is 10.8. The number of hydrogen-bond acceptors (Lipinski definition) is 6. The number of nitrogens with one attached hydrogen (secondary N) is 1. The summed E-state index contributed by atoms with van der Waals surface area (Å²) in [5.74, 6) is 0.459. The van der Waals surface area contributed by atoms with Gasteiger partial charge in [0.2, 0.25) is 0 Å². The zero-order chi connectivity index (χ0) is 26.9. The lowest BCUT2D eigenvalue weighted by molar-refractivity contribution is 0.0139. The van der Waals surface area contributed by atoms with Crippen LogP contribution in [0.15, 0.2) is 48.8 Å². The minimum Gasteiger partial charge on any atom is -0.444 e. The molecule has 0 atom stereocenters. The molecule has 38 heavy (non-hydrogen) atoms. The Morgan fingerprint density at radius 2 is 1.87 bits per heavy atom. The van der Waals surface area contributed by atoms with Crippen LogP contribution in [0.1, 0.15) is 43.5 Å². The number of aryl methyl sites for hydroxylation is 1. The first-order chi connectivity index (χ1) is 18.1. The first kappa shape index (κ1) is 25.8. The summed E-state index contributed by atoms with van der Waals surface area (Å²) in [6.45, 7) is 11.2. The SMILES string of the molecule is Cc1cc(-c2ccc3nc(Cc4cc(CN5CCN(C(=O)OC(C)(C)C)CC5)ccn4)[nH]c3c2)c(F)cn1. The minimum atomic E-state index is -0.486. The fourth-order valence-electron chi connectivity index (χ4n) is 4.65. The Labute approximate surface area is 221 Å². The molecule has 0 spiro atoms. The van der Waals surface area contributed by atoms with Crippen molar-refractivity contribution in [2.75, 3.05) is 26.2 Å². The molecule has 8 nitrogen and oxygen atoms in total. The lowest BCUT2D eigenvalue weighted by Crippen LogP contribution is -2.49. The standard InChI is InChI=1S/C29H33FN6O2/c1-19-13-23(24(30)17-32-19)21-5-6-25-26(15-21)34-27(33-25)16-22-14-20(7-8-31-22)18-35-9-11-36(12-10-35)28(37)38-29(2,3)4/h5-8,13-15,17H,9-12,16,18H2,1-4H3,(H,33,34). The fraction of sp³-hybridized carbons (Fsp3) is 0.379. The van der Waals surface area contributed by atoms with E-state index >= 15 is 0 Å². The monoisotopic (exact) mass is 516 g/mol. The van der Waals surface area contributed by atoms with Gasteiger partial charge in [-0.15, -0.1) is 0 Å². The molecular weight excluding hydrogens is 483 g/mol. The number of piperazine rings is 1. The molecule has 0 unspecified atom stereocenters. The van der Waals surface area contributed by atoms with Crippen molar-refractivity contribution in [2.45, 2.75) is 46.3 Å². The molecule has 1 N–H and O–H groups in total. The summed E-state index contributed by atoms with van der Waals surface area (Å²) >= 11 is 0. The number of hydrogen-bond donors (Lipinski definition) is 1. The number of benzene rings is 1. The van der Waals surface area contributed by atoms with Gasteiger partial charge in [0.15, 0.2) is 0 Å². The molecule has 1 aliphatic heterocycles. The van der Waals surface area contributed by atoms with Crippen LogP contribution in [0, 0.1) is 12.7 Å². The van der Waals surface area contributed by atoms with Crippen molar-refractivity contribution in [2.24, 2.45) is 0 Å². The Morgan fingerprint density at radius 3 is 2.63 bits per heavy atom. The largest absolute Gasteiger partial charge is 0.444 e. The summed E-state index contributed by atoms with van der Waals surface area (Å²) in [6.07, 6.45) is 3.40. The summed E-state index contributed by atoms with van der Waals surface area (Å²) in [7, 11) is 0. The molecule has 9 heteroatoms. The van der Waals surface area contributed by atoms with E-state index in [4.69, 9.17) is 9.72 Å². The predicted molar refractivity (Wildman–Crippen MR) is 144 cm³/mol. The molecule has 4 heterocycles. The van der Waals surface area contributed by atoms with Crippen LogP contribution in [0.25, 0.3) is 22.2 Å². The van der Waals surface area contributed by atoms with E-state index in [1.54, 1.807) is 11.0 Å². The summed E-state index contributed by atoms with van der Waals surface area (Å²) < 4.78 is 19.8. The summed E-state index contributed by atoms with van der Waals surface area (Å²) in [4.78, 5) is 33.1. The number of rotatable bonds is 5. The van der Waals surface area contributed by atoms with E-state index in [-0.39, 0.29) is 11.9 Å². The summed E-state index contributed by atoms with van der Waals surface area (Å²) in [5, 5.41) is 0. The fourth-order valence-corrected chi connectivity index (χ4v) is 4.65. The van der Waals surface area contributed by atoms with E-state index < -0.39 is 5.60 Å². The first-order valence-electron chi connectivity index (χ1n) is 12.9. The number of carbonyl (C=O) groups is 1. The number of H-pyrrole nitrogens is 1. The third-order valence-corrected chi connectivity index (χ3v) is 6.49. The Kier molecular flexibility index (Phi) is 7.12. The van der Waals surface area contributed by atoms with Gasteiger partial charge >= 0.3 is 6.09 Å². The van der Waals surface area contributed by atoms with E-state index in [1.165, 1.54) is 11.8 Å². The molecular formula is C29H33FN6O2. The lowest BCUT2D eigenvalue weighted by Gasteiger charge is -2.35. The molecule has 0 saturated carbocycles. The van der Waals surface area contributed by atoms with Gasteiger partial charge in [-0.1, -0.05) is 6.07 Å². The van der Waals surface area contributed by atoms with Gasteiger partial charge < -0.3 is 14.6 Å². The molecule has 5 rings (SSSR count). The maximum atomic E-state index is 14.3. The van der Waals surface area contributed by atoms with Gasteiger partial charge in [-0.3, -0.25) is 14.9 Å². The van der Waals surface area contributed by atoms with Crippen molar-refractivity contribution >= 4 is 17.1 Å². The molecule has 1 fully saturated rings. The van der Waals surface area contributed by atoms with E-state index in [0.29, 0.717) is 25.1 Å². The number of aromatic nitrogens is 4. The number of halogens is 1. The third-order valence-electron chi connectivity index (χ3n) is 6.49. The van der Waals surface area contributed by atoms with E-state index in [1.807, 2.05) is 58.2 Å². The molecule has 3 aromatic heterocycles. The van der Waals surface area contributed by atoms with Crippen LogP contribution in [-0.2, 0) is 17.7 Å². The average Bonchev–Trinajstić information content (AvgIpc) is 3.26. The van der Waals surface area contributed by atoms with Gasteiger partial charge in [0, 0.05) is 62.3 Å². The second kappa shape index (κ2) is 10.5. The van der Waals surface area contributed by atoms with Crippen LogP contribution >= 0.6 is 0 Å². The second-order valence-corrected chi connectivity index (χ2v) is 10.8. The normalized spacial score (nSPS) is 14.7. The Hall–Kier alpha value is -3.85. The van der Waals surface area contributed by atoms with Crippen LogP contribution in [-0.4, -0.2) is 67.6 Å². The number of carbonyl (C=O) groups excluding carboxylic acids is 1. The average molecular weight is 517 g/mol. The zero-order valence-corrected chi connectivity index (χ0v) is 22.3. The Balaban J connectivity index is 1.22. The van der Waals surface area contributed by atoms with Crippen molar-refractivity contribution < 1.29 is 13.9 Å². The molecule has 1 amide bonds. The molecule has 4 aromatic rings. The van der Waals surface area contributed by atoms with Gasteiger partial charge in [0.25, 0.3) is 0 Å². The molecule has 0 radical (unpaired) electrons. The van der Waals surface area contributed by atoms with Crippen LogP contribution in [0.4, 0.5) is 9.18 Å². The topological polar surface area (TPSA) is 87.2 Å². The lowest BCUT2D eigenvalue weighted by atomic mass is 10.1. The number of pyridine rings is 2. The molecule has 1 aromatic carbocycles. The predicted octanol–water partition coefficient (Wildman–Crippen LogP) is 5.11. The summed E-state index contributed by atoms with van der Waals surface area (Å²) in [5.41, 5.74) is 5.36. The number of amides is 1. The molecule has 0 bridgehead atoms. The highest BCUT2D eigenvalue weighted by atomic mass is 19.1. The number of nitrogens with zero attached hydrogens (tertiary/aromatic N) is 5. The van der Waals surface area contributed by atoms with Crippen molar-refractivity contribution in [3.8, 4) is 11.1 Å². The molecule has 1 aliphatic rings. The Morgan fingerprint density at radius 1 is 1.08 bits per heavy atom. The van der Waals surface area contributed by atoms with Crippen LogP contribution in [0.5, 0.6) is 0 Å². The first-order valence-corrected chi connectivity index (χ1v) is 12.9. The number of ether oxygens (including phenoxy) is 1. The van der Waals surface area contributed by atoms with Crippen molar-refractivity contribution in [1.29, 1.82) is 0 Å². The zero-order valence-electron chi connectivity index (χ0n) is 22.3. The molecule has 198 valence electrons.